The predicted molar refractivity (Wildman–Crippen MR) is 159 cm³/mol. The van der Waals surface area contributed by atoms with Crippen molar-refractivity contribution >= 4 is 0 Å². The number of benzene rings is 2. The highest BCUT2D eigenvalue weighted by atomic mass is 14.4. The molecule has 0 aromatic heterocycles. The monoisotopic (exact) mass is 476 g/mol. The first-order valence-electron chi connectivity index (χ1n) is 13.8. The van der Waals surface area contributed by atoms with Crippen LogP contribution in [0, 0.1) is 0 Å². The van der Waals surface area contributed by atoms with Crippen molar-refractivity contribution in [1.29, 1.82) is 0 Å². The summed E-state index contributed by atoms with van der Waals surface area (Å²) >= 11 is 0. The van der Waals surface area contributed by atoms with Crippen molar-refractivity contribution in [2.45, 2.75) is 150 Å². The van der Waals surface area contributed by atoms with Crippen LogP contribution in [0.2, 0.25) is 0 Å². The lowest BCUT2D eigenvalue weighted by Crippen LogP contribution is -2.30. The molecule has 0 saturated heterocycles. The second kappa shape index (κ2) is 9.39. The minimum atomic E-state index is 0.0770. The lowest BCUT2D eigenvalue weighted by molar-refractivity contribution is 0.489. The quantitative estimate of drug-likeness (QED) is 0.413. The third-order valence-electron chi connectivity index (χ3n) is 7.31. The van der Waals surface area contributed by atoms with Gasteiger partial charge in [-0.25, -0.2) is 0 Å². The molecule has 0 heterocycles. The minimum Gasteiger partial charge on any atom is -0.0617 e. The highest BCUT2D eigenvalue weighted by Gasteiger charge is 2.35. The zero-order valence-corrected chi connectivity index (χ0v) is 26.2. The Hall–Kier alpha value is -1.56. The number of hydrogen-bond donors (Lipinski definition) is 0. The normalized spacial score (nSPS) is 14.9. The molecule has 0 radical (unpaired) electrons. The molecule has 0 amide bonds. The van der Waals surface area contributed by atoms with Crippen molar-refractivity contribution in [1.82, 2.24) is 0 Å². The Morgan fingerprint density at radius 2 is 0.914 bits per heavy atom. The van der Waals surface area contributed by atoms with E-state index in [1.165, 1.54) is 22.3 Å². The summed E-state index contributed by atoms with van der Waals surface area (Å²) in [6.07, 6.45) is 1.07. The molecule has 0 saturated carbocycles. The second-order valence-corrected chi connectivity index (χ2v) is 16.1. The highest BCUT2D eigenvalue weighted by Crippen LogP contribution is 2.45. The molecule has 0 bridgehead atoms. The summed E-state index contributed by atoms with van der Waals surface area (Å²) < 4.78 is 0. The zero-order valence-electron chi connectivity index (χ0n) is 26.2. The highest BCUT2D eigenvalue weighted by molar-refractivity contribution is 5.53. The minimum absolute atomic E-state index is 0.0770. The summed E-state index contributed by atoms with van der Waals surface area (Å²) in [6.45, 7) is 38.1. The van der Waals surface area contributed by atoms with E-state index >= 15 is 0 Å². The van der Waals surface area contributed by atoms with E-state index in [4.69, 9.17) is 0 Å². The van der Waals surface area contributed by atoms with Gasteiger partial charge >= 0.3 is 0 Å². The largest absolute Gasteiger partial charge is 0.0617 e. The third kappa shape index (κ3) is 6.61. The molecule has 0 aliphatic heterocycles. The van der Waals surface area contributed by atoms with Gasteiger partial charge in [0, 0.05) is 0 Å². The summed E-state index contributed by atoms with van der Waals surface area (Å²) in [4.78, 5) is 0. The molecule has 0 heteroatoms. The average molecular weight is 477 g/mol. The Bertz CT molecular complexity index is 1030. The molecular weight excluding hydrogens is 420 g/mol. The molecule has 0 N–H and O–H groups in total. The van der Waals surface area contributed by atoms with Gasteiger partial charge in [0.2, 0.25) is 0 Å². The van der Waals surface area contributed by atoms with Crippen LogP contribution in [-0.4, -0.2) is 0 Å². The van der Waals surface area contributed by atoms with E-state index < -0.39 is 0 Å². The molecule has 35 heavy (non-hydrogen) atoms. The van der Waals surface area contributed by atoms with Crippen LogP contribution in [0.25, 0.3) is 0 Å². The maximum atomic E-state index is 2.46. The van der Waals surface area contributed by atoms with Crippen molar-refractivity contribution < 1.29 is 0 Å². The Labute approximate surface area is 219 Å². The molecule has 2 aromatic carbocycles. The Morgan fingerprint density at radius 1 is 0.486 bits per heavy atom. The van der Waals surface area contributed by atoms with Crippen LogP contribution in [0.5, 0.6) is 0 Å². The second-order valence-electron chi connectivity index (χ2n) is 16.1. The van der Waals surface area contributed by atoms with E-state index in [0.29, 0.717) is 5.92 Å². The smallest absolute Gasteiger partial charge is 0.0126 e. The molecule has 0 nitrogen and oxygen atoms in total. The van der Waals surface area contributed by atoms with E-state index in [1.807, 2.05) is 0 Å². The maximum Gasteiger partial charge on any atom is -0.0126 e. The van der Waals surface area contributed by atoms with Crippen molar-refractivity contribution in [2.75, 3.05) is 0 Å². The van der Waals surface area contributed by atoms with Gasteiger partial charge in [0.05, 0.1) is 0 Å². The van der Waals surface area contributed by atoms with E-state index in [0.717, 1.165) is 6.42 Å². The van der Waals surface area contributed by atoms with Crippen LogP contribution in [0.1, 0.15) is 156 Å². The van der Waals surface area contributed by atoms with Crippen molar-refractivity contribution in [3.05, 3.63) is 69.3 Å². The van der Waals surface area contributed by atoms with Crippen molar-refractivity contribution in [2.24, 2.45) is 0 Å². The van der Waals surface area contributed by atoms with Crippen LogP contribution >= 0.6 is 0 Å². The Balaban J connectivity index is 2.81. The van der Waals surface area contributed by atoms with Gasteiger partial charge in [-0.1, -0.05) is 141 Å². The number of rotatable bonds is 3. The molecule has 196 valence electrons. The molecule has 1 atom stereocenters. The fraction of sp³-hybridized carbons (Fsp3) is 0.657. The Kier molecular flexibility index (Phi) is 7.96. The van der Waals surface area contributed by atoms with E-state index in [1.54, 1.807) is 16.7 Å². The first kappa shape index (κ1) is 29.7. The first-order valence-corrected chi connectivity index (χ1v) is 13.8. The number of hydrogen-bond acceptors (Lipinski definition) is 0. The molecule has 2 aromatic rings. The molecular formula is C35H56. The van der Waals surface area contributed by atoms with Gasteiger partial charge in [-0.3, -0.25) is 0 Å². The van der Waals surface area contributed by atoms with Crippen LogP contribution < -0.4 is 0 Å². The zero-order chi connectivity index (χ0) is 27.4. The predicted octanol–water partition coefficient (Wildman–Crippen LogP) is 10.5. The van der Waals surface area contributed by atoms with Crippen molar-refractivity contribution in [3.8, 4) is 0 Å². The summed E-state index contributed by atoms with van der Waals surface area (Å²) in [5.41, 5.74) is 11.2. The SMILES string of the molecule is CC(Cc1cccc(C(C)(C)C)c1C(C)(C)C)c1ccc(C(C)(C)C)c(C(C)(C)C)c1C(C)(C)C. The van der Waals surface area contributed by atoms with Gasteiger partial charge in [-0.15, -0.1) is 0 Å². The maximum absolute atomic E-state index is 2.46. The molecule has 0 aliphatic carbocycles. The lowest BCUT2D eigenvalue weighted by atomic mass is 9.65. The van der Waals surface area contributed by atoms with Crippen molar-refractivity contribution in [3.63, 3.8) is 0 Å². The summed E-state index contributed by atoms with van der Waals surface area (Å²) in [6, 6.07) is 11.9. The Morgan fingerprint density at radius 3 is 1.31 bits per heavy atom. The molecule has 1 unspecified atom stereocenters. The summed E-state index contributed by atoms with van der Waals surface area (Å²) in [5.74, 6) is 0.440. The van der Waals surface area contributed by atoms with Crippen LogP contribution in [0.4, 0.5) is 0 Å². The fourth-order valence-electron chi connectivity index (χ4n) is 5.96. The lowest BCUT2D eigenvalue weighted by Gasteiger charge is -2.39. The molecule has 2 rings (SSSR count). The van der Waals surface area contributed by atoms with Crippen LogP contribution in [0.3, 0.4) is 0 Å². The van der Waals surface area contributed by atoms with E-state index in [9.17, 15) is 0 Å². The molecule has 0 aliphatic rings. The summed E-state index contributed by atoms with van der Waals surface area (Å²) in [5, 5.41) is 0. The molecule has 0 spiro atoms. The van der Waals surface area contributed by atoms with Gasteiger partial charge in [-0.2, -0.15) is 0 Å². The van der Waals surface area contributed by atoms with Crippen LogP contribution in [-0.2, 0) is 33.5 Å². The third-order valence-corrected chi connectivity index (χ3v) is 7.31. The standard InChI is InChI=1S/C35H56/c1-23(22-24-18-17-19-26(31(2,3)4)28(24)33(8,9)10)25-20-21-27(32(5,6)7)30(35(14,15)16)29(25)34(11,12)13/h17-21,23H,22H2,1-16H3. The van der Waals surface area contributed by atoms with Gasteiger partial charge in [0.1, 0.15) is 0 Å². The van der Waals surface area contributed by atoms with Gasteiger partial charge in [-0.05, 0) is 78.4 Å². The van der Waals surface area contributed by atoms with Gasteiger partial charge in [0.15, 0.2) is 0 Å². The van der Waals surface area contributed by atoms with E-state index in [2.05, 4.69) is 141 Å². The average Bonchev–Trinajstić information content (AvgIpc) is 2.62. The molecule has 0 fully saturated rings. The first-order chi connectivity index (χ1) is 15.5. The van der Waals surface area contributed by atoms with Crippen LogP contribution in [0.15, 0.2) is 30.3 Å². The van der Waals surface area contributed by atoms with Gasteiger partial charge in [0.25, 0.3) is 0 Å². The topological polar surface area (TPSA) is 0 Å². The summed E-state index contributed by atoms with van der Waals surface area (Å²) in [7, 11) is 0. The fourth-order valence-corrected chi connectivity index (χ4v) is 5.96. The van der Waals surface area contributed by atoms with E-state index in [-0.39, 0.29) is 27.1 Å². The van der Waals surface area contributed by atoms with Gasteiger partial charge < -0.3 is 0 Å².